The Kier molecular flexibility index (Phi) is 6.63. The number of halogens is 4. The number of aromatic nitrogens is 3. The summed E-state index contributed by atoms with van der Waals surface area (Å²) in [7, 11) is 0. The molecule has 2 amide bonds. The molecule has 0 aliphatic rings. The SMILES string of the molecule is O=C(Cc1ccccc1)NCCNC(=O)c1nnn(-c2cccc(F)c2)c1C(F)(F)F. The van der Waals surface area contributed by atoms with Gasteiger partial charge in [-0.05, 0) is 23.8 Å². The van der Waals surface area contributed by atoms with Crippen molar-refractivity contribution in [3.8, 4) is 5.69 Å². The zero-order valence-corrected chi connectivity index (χ0v) is 16.0. The average Bonchev–Trinajstić information content (AvgIpc) is 3.18. The summed E-state index contributed by atoms with van der Waals surface area (Å²) in [4.78, 5) is 24.1. The van der Waals surface area contributed by atoms with Crippen LogP contribution in [0.4, 0.5) is 17.6 Å². The summed E-state index contributed by atoms with van der Waals surface area (Å²) in [6, 6.07) is 13.3. The average molecular weight is 435 g/mol. The highest BCUT2D eigenvalue weighted by Gasteiger charge is 2.42. The number of nitrogens with one attached hydrogen (secondary N) is 2. The Labute approximate surface area is 174 Å². The van der Waals surface area contributed by atoms with Crippen LogP contribution in [0.25, 0.3) is 5.69 Å². The molecule has 1 heterocycles. The molecule has 0 spiro atoms. The first-order valence-corrected chi connectivity index (χ1v) is 9.13. The van der Waals surface area contributed by atoms with E-state index in [1.807, 2.05) is 6.07 Å². The van der Waals surface area contributed by atoms with Crippen molar-refractivity contribution in [2.24, 2.45) is 0 Å². The zero-order chi connectivity index (χ0) is 22.4. The van der Waals surface area contributed by atoms with Crippen LogP contribution in [-0.2, 0) is 17.4 Å². The molecule has 0 fully saturated rings. The number of hydrogen-bond donors (Lipinski definition) is 2. The number of carbonyl (C=O) groups is 2. The Bertz CT molecular complexity index is 1070. The molecule has 1 aromatic heterocycles. The molecule has 0 bridgehead atoms. The van der Waals surface area contributed by atoms with Crippen LogP contribution in [0.1, 0.15) is 21.7 Å². The molecule has 3 aromatic rings. The van der Waals surface area contributed by atoms with E-state index in [2.05, 4.69) is 20.9 Å². The van der Waals surface area contributed by atoms with Gasteiger partial charge in [0.05, 0.1) is 12.1 Å². The van der Waals surface area contributed by atoms with Gasteiger partial charge in [0.1, 0.15) is 5.82 Å². The Morgan fingerprint density at radius 3 is 2.35 bits per heavy atom. The predicted octanol–water partition coefficient (Wildman–Crippen LogP) is 2.51. The molecule has 11 heteroatoms. The molecule has 3 rings (SSSR count). The van der Waals surface area contributed by atoms with Gasteiger partial charge >= 0.3 is 6.18 Å². The maximum absolute atomic E-state index is 13.6. The summed E-state index contributed by atoms with van der Waals surface area (Å²) in [5.41, 5.74) is -1.81. The van der Waals surface area contributed by atoms with Gasteiger partial charge in [0.2, 0.25) is 5.91 Å². The van der Waals surface area contributed by atoms with Gasteiger partial charge in [-0.2, -0.15) is 13.2 Å². The van der Waals surface area contributed by atoms with Crippen LogP contribution in [-0.4, -0.2) is 39.9 Å². The first-order chi connectivity index (χ1) is 14.8. The number of benzene rings is 2. The van der Waals surface area contributed by atoms with E-state index in [9.17, 15) is 27.2 Å². The van der Waals surface area contributed by atoms with Crippen molar-refractivity contribution in [1.82, 2.24) is 25.6 Å². The number of hydrogen-bond acceptors (Lipinski definition) is 4. The summed E-state index contributed by atoms with van der Waals surface area (Å²) in [5.74, 6) is -2.18. The molecule has 2 aromatic carbocycles. The van der Waals surface area contributed by atoms with Gasteiger partial charge in [-0.3, -0.25) is 9.59 Å². The summed E-state index contributed by atoms with van der Waals surface area (Å²) in [6.07, 6.45) is -4.83. The molecule has 31 heavy (non-hydrogen) atoms. The van der Waals surface area contributed by atoms with E-state index in [-0.39, 0.29) is 31.1 Å². The van der Waals surface area contributed by atoms with Crippen LogP contribution < -0.4 is 10.6 Å². The van der Waals surface area contributed by atoms with Crippen molar-refractivity contribution < 1.29 is 27.2 Å². The van der Waals surface area contributed by atoms with Crippen LogP contribution in [0.2, 0.25) is 0 Å². The molecule has 0 aliphatic carbocycles. The van der Waals surface area contributed by atoms with Crippen molar-refractivity contribution in [3.05, 3.63) is 77.4 Å². The second-order valence-corrected chi connectivity index (χ2v) is 6.44. The fourth-order valence-electron chi connectivity index (χ4n) is 2.78. The smallest absolute Gasteiger partial charge is 0.354 e. The normalized spacial score (nSPS) is 11.2. The predicted molar refractivity (Wildman–Crippen MR) is 102 cm³/mol. The fraction of sp³-hybridized carbons (Fsp3) is 0.200. The van der Waals surface area contributed by atoms with Crippen molar-refractivity contribution in [3.63, 3.8) is 0 Å². The Morgan fingerprint density at radius 1 is 0.968 bits per heavy atom. The molecular formula is C20H17F4N5O2. The molecule has 0 unspecified atom stereocenters. The van der Waals surface area contributed by atoms with Crippen LogP contribution >= 0.6 is 0 Å². The van der Waals surface area contributed by atoms with E-state index in [0.717, 1.165) is 17.7 Å². The van der Waals surface area contributed by atoms with Crippen molar-refractivity contribution in [2.75, 3.05) is 13.1 Å². The number of amides is 2. The van der Waals surface area contributed by atoms with E-state index < -0.39 is 29.3 Å². The molecule has 0 saturated carbocycles. The highest BCUT2D eigenvalue weighted by atomic mass is 19.4. The van der Waals surface area contributed by atoms with Crippen molar-refractivity contribution >= 4 is 11.8 Å². The van der Waals surface area contributed by atoms with Gasteiger partial charge < -0.3 is 10.6 Å². The monoisotopic (exact) mass is 435 g/mol. The van der Waals surface area contributed by atoms with Gasteiger partial charge in [-0.25, -0.2) is 9.07 Å². The second-order valence-electron chi connectivity index (χ2n) is 6.44. The van der Waals surface area contributed by atoms with E-state index in [1.165, 1.54) is 12.1 Å². The quantitative estimate of drug-likeness (QED) is 0.441. The molecule has 0 atom stereocenters. The van der Waals surface area contributed by atoms with Gasteiger partial charge in [-0.15, -0.1) is 5.10 Å². The largest absolute Gasteiger partial charge is 0.435 e. The lowest BCUT2D eigenvalue weighted by molar-refractivity contribution is -0.143. The lowest BCUT2D eigenvalue weighted by Gasteiger charge is -2.11. The van der Waals surface area contributed by atoms with Gasteiger partial charge in [0.25, 0.3) is 5.91 Å². The standard InChI is InChI=1S/C20H17F4N5O2/c21-14-7-4-8-15(12-14)29-18(20(22,23)24)17(27-28-29)19(31)26-10-9-25-16(30)11-13-5-2-1-3-6-13/h1-8,12H,9-11H2,(H,25,30)(H,26,31). The van der Waals surface area contributed by atoms with Crippen LogP contribution in [0, 0.1) is 5.82 Å². The van der Waals surface area contributed by atoms with Crippen molar-refractivity contribution in [2.45, 2.75) is 12.6 Å². The Morgan fingerprint density at radius 2 is 1.68 bits per heavy atom. The van der Waals surface area contributed by atoms with Gasteiger partial charge in [-0.1, -0.05) is 41.6 Å². The number of carbonyl (C=O) groups excluding carboxylic acids is 2. The number of rotatable bonds is 7. The highest BCUT2D eigenvalue weighted by Crippen LogP contribution is 2.32. The minimum atomic E-state index is -4.97. The van der Waals surface area contributed by atoms with Crippen LogP contribution in [0.3, 0.4) is 0 Å². The fourth-order valence-corrected chi connectivity index (χ4v) is 2.78. The minimum absolute atomic E-state index is 0.0107. The third kappa shape index (κ3) is 5.65. The van der Waals surface area contributed by atoms with E-state index in [1.54, 1.807) is 24.3 Å². The zero-order valence-electron chi connectivity index (χ0n) is 16.0. The van der Waals surface area contributed by atoms with Gasteiger partial charge in [0.15, 0.2) is 11.4 Å². The maximum atomic E-state index is 13.6. The lowest BCUT2D eigenvalue weighted by Crippen LogP contribution is -2.36. The lowest BCUT2D eigenvalue weighted by atomic mass is 10.1. The molecule has 0 aliphatic heterocycles. The first kappa shape index (κ1) is 21.9. The van der Waals surface area contributed by atoms with Gasteiger partial charge in [0, 0.05) is 13.1 Å². The molecule has 7 nitrogen and oxygen atoms in total. The first-order valence-electron chi connectivity index (χ1n) is 9.13. The van der Waals surface area contributed by atoms with E-state index >= 15 is 0 Å². The summed E-state index contributed by atoms with van der Waals surface area (Å²) in [5, 5.41) is 11.5. The summed E-state index contributed by atoms with van der Waals surface area (Å²) >= 11 is 0. The summed E-state index contributed by atoms with van der Waals surface area (Å²) in [6.45, 7) is -0.111. The summed E-state index contributed by atoms with van der Waals surface area (Å²) < 4.78 is 54.4. The Hall–Kier alpha value is -3.76. The number of nitrogens with zero attached hydrogens (tertiary/aromatic N) is 3. The molecule has 0 radical (unpaired) electrons. The molecule has 162 valence electrons. The van der Waals surface area contributed by atoms with Crippen molar-refractivity contribution in [1.29, 1.82) is 0 Å². The Balaban J connectivity index is 1.63. The van der Waals surface area contributed by atoms with E-state index in [4.69, 9.17) is 0 Å². The third-order valence-corrected chi connectivity index (χ3v) is 4.15. The van der Waals surface area contributed by atoms with E-state index in [0.29, 0.717) is 4.68 Å². The van der Waals surface area contributed by atoms with Crippen LogP contribution in [0.5, 0.6) is 0 Å². The topological polar surface area (TPSA) is 88.9 Å². The second kappa shape index (κ2) is 9.37. The van der Waals surface area contributed by atoms with Crippen LogP contribution in [0.15, 0.2) is 54.6 Å². The molecular weight excluding hydrogens is 418 g/mol. The third-order valence-electron chi connectivity index (χ3n) is 4.15. The molecule has 0 saturated heterocycles. The minimum Gasteiger partial charge on any atom is -0.354 e. The highest BCUT2D eigenvalue weighted by molar-refractivity contribution is 5.93. The molecule has 2 N–H and O–H groups in total. The maximum Gasteiger partial charge on any atom is 0.435 e. The number of alkyl halides is 3.